The number of hydrogen-bond donors (Lipinski definition) is 2. The number of alkyl halides is 6. The van der Waals surface area contributed by atoms with Gasteiger partial charge in [0.1, 0.15) is 35.1 Å². The lowest BCUT2D eigenvalue weighted by molar-refractivity contribution is -0.167. The van der Waals surface area contributed by atoms with Crippen molar-refractivity contribution in [1.82, 2.24) is 15.3 Å². The Labute approximate surface area is 266 Å². The summed E-state index contributed by atoms with van der Waals surface area (Å²) < 4.78 is 122. The number of nitrogen functional groups attached to an aromatic ring is 1. The molecule has 2 atom stereocenters. The smallest absolute Gasteiger partial charge is 0.418 e. The van der Waals surface area contributed by atoms with Crippen LogP contribution in [0.25, 0.3) is 22.2 Å². The molecule has 1 saturated heterocycles. The summed E-state index contributed by atoms with van der Waals surface area (Å²) in [5.41, 5.74) is 2.75. The number of carbonyl (C=O) groups excluding carboxylic acids is 2. The van der Waals surface area contributed by atoms with Crippen molar-refractivity contribution >= 4 is 34.3 Å². The molecule has 2 aromatic heterocycles. The van der Waals surface area contributed by atoms with E-state index in [4.69, 9.17) is 15.2 Å². The Balaban J connectivity index is 1.47. The molecular weight excluding hydrogens is 658 g/mol. The Bertz CT molecular complexity index is 1840. The predicted molar refractivity (Wildman–Crippen MR) is 156 cm³/mol. The van der Waals surface area contributed by atoms with Gasteiger partial charge in [0.05, 0.1) is 37.1 Å². The van der Waals surface area contributed by atoms with Crippen molar-refractivity contribution in [2.75, 3.05) is 37.5 Å². The van der Waals surface area contributed by atoms with E-state index in [1.165, 1.54) is 30.5 Å². The van der Waals surface area contributed by atoms with E-state index in [-0.39, 0.29) is 47.4 Å². The number of halogens is 8. The fourth-order valence-electron chi connectivity index (χ4n) is 5.42. The second kappa shape index (κ2) is 13.2. The number of nitrogens with one attached hydrogen (secondary N) is 1. The van der Waals surface area contributed by atoms with Gasteiger partial charge in [0.15, 0.2) is 0 Å². The summed E-state index contributed by atoms with van der Waals surface area (Å²) in [6.45, 7) is -1.23. The molecule has 2 aromatic carbocycles. The molecule has 0 unspecified atom stereocenters. The van der Waals surface area contributed by atoms with E-state index in [0.717, 1.165) is 19.2 Å². The number of carbonyl (C=O) groups is 2. The van der Waals surface area contributed by atoms with Gasteiger partial charge in [0.25, 0.3) is 5.91 Å². The number of amides is 1. The van der Waals surface area contributed by atoms with Crippen LogP contribution in [0.4, 0.5) is 46.6 Å². The molecule has 254 valence electrons. The highest BCUT2D eigenvalue weighted by atomic mass is 19.4. The third kappa shape index (κ3) is 6.95. The summed E-state index contributed by atoms with van der Waals surface area (Å²) >= 11 is 0. The van der Waals surface area contributed by atoms with Crippen LogP contribution in [-0.2, 0) is 26.9 Å². The molecular formula is C31H25F8N5O4. The molecule has 0 aliphatic carbocycles. The maximum absolute atomic E-state index is 15.2. The van der Waals surface area contributed by atoms with Crippen molar-refractivity contribution in [2.45, 2.75) is 30.9 Å². The lowest BCUT2D eigenvalue weighted by Crippen LogP contribution is -2.53. The predicted octanol–water partition coefficient (Wildman–Crippen LogP) is 5.46. The molecule has 0 bridgehead atoms. The fourth-order valence-corrected chi connectivity index (χ4v) is 5.42. The molecule has 0 spiro atoms. The Morgan fingerprint density at radius 3 is 2.44 bits per heavy atom. The molecule has 48 heavy (non-hydrogen) atoms. The first-order valence-corrected chi connectivity index (χ1v) is 14.1. The van der Waals surface area contributed by atoms with Gasteiger partial charge in [0.2, 0.25) is 0 Å². The van der Waals surface area contributed by atoms with Gasteiger partial charge in [-0.15, -0.1) is 0 Å². The number of aromatic nitrogens is 2. The van der Waals surface area contributed by atoms with E-state index in [9.17, 15) is 35.9 Å². The van der Waals surface area contributed by atoms with Gasteiger partial charge in [-0.2, -0.15) is 26.3 Å². The standard InChI is InChI=1S/C31H25F8N5O4/c1-47-29(46)22(42-28(45)25-20(32)12-16(13-21(25)33)44-9-10-48-14-23(44)31(37,38)39)11-15-4-5-18(26-17(15)3-2-8-41-26)27-19(30(34,35)36)6-7-24(40)43-27/h2-8,12-13,22-23H,9-11,14H2,1H3,(H2,40,43)(H,42,45)/t22-,23+/m0/s1. The summed E-state index contributed by atoms with van der Waals surface area (Å²) in [7, 11) is 0.990. The van der Waals surface area contributed by atoms with Crippen molar-refractivity contribution in [3.8, 4) is 11.3 Å². The number of pyridine rings is 2. The third-order valence-electron chi connectivity index (χ3n) is 7.64. The van der Waals surface area contributed by atoms with Crippen LogP contribution in [0.3, 0.4) is 0 Å². The zero-order chi connectivity index (χ0) is 35.0. The van der Waals surface area contributed by atoms with E-state index < -0.39 is 77.1 Å². The average Bonchev–Trinajstić information content (AvgIpc) is 3.02. The van der Waals surface area contributed by atoms with E-state index >= 15 is 8.78 Å². The zero-order valence-electron chi connectivity index (χ0n) is 24.8. The third-order valence-corrected chi connectivity index (χ3v) is 7.64. The van der Waals surface area contributed by atoms with Crippen molar-refractivity contribution in [1.29, 1.82) is 0 Å². The van der Waals surface area contributed by atoms with Crippen molar-refractivity contribution in [2.24, 2.45) is 0 Å². The Kier molecular flexibility index (Phi) is 9.44. The van der Waals surface area contributed by atoms with Crippen LogP contribution < -0.4 is 16.0 Å². The van der Waals surface area contributed by atoms with Crippen LogP contribution >= 0.6 is 0 Å². The van der Waals surface area contributed by atoms with Gasteiger partial charge in [-0.05, 0) is 35.9 Å². The van der Waals surface area contributed by atoms with Crippen LogP contribution in [0.1, 0.15) is 21.5 Å². The largest absolute Gasteiger partial charge is 0.467 e. The monoisotopic (exact) mass is 683 g/mol. The first kappa shape index (κ1) is 34.3. The second-order valence-electron chi connectivity index (χ2n) is 10.7. The maximum Gasteiger partial charge on any atom is 0.418 e. The molecule has 3 heterocycles. The first-order valence-electron chi connectivity index (χ1n) is 14.1. The van der Waals surface area contributed by atoms with Crippen LogP contribution in [-0.4, -0.2) is 67.0 Å². The number of rotatable bonds is 7. The molecule has 17 heteroatoms. The van der Waals surface area contributed by atoms with E-state index in [1.807, 2.05) is 0 Å². The highest BCUT2D eigenvalue weighted by Crippen LogP contribution is 2.39. The van der Waals surface area contributed by atoms with E-state index in [0.29, 0.717) is 17.0 Å². The SMILES string of the molecule is COC(=O)[C@H](Cc1ccc(-c2nc(N)ccc2C(F)(F)F)c2ncccc12)NC(=O)c1c(F)cc(N2CCOC[C@@H]2C(F)(F)F)cc1F. The number of anilines is 2. The zero-order valence-corrected chi connectivity index (χ0v) is 24.8. The van der Waals surface area contributed by atoms with Gasteiger partial charge < -0.3 is 25.4 Å². The van der Waals surface area contributed by atoms with Gasteiger partial charge in [0, 0.05) is 35.8 Å². The molecule has 9 nitrogen and oxygen atoms in total. The minimum atomic E-state index is -4.79. The number of nitrogens with zero attached hydrogens (tertiary/aromatic N) is 3. The quantitative estimate of drug-likeness (QED) is 0.195. The van der Waals surface area contributed by atoms with Crippen LogP contribution in [0, 0.1) is 11.6 Å². The van der Waals surface area contributed by atoms with Crippen molar-refractivity contribution < 1.29 is 54.2 Å². The van der Waals surface area contributed by atoms with Crippen LogP contribution in [0.2, 0.25) is 0 Å². The van der Waals surface area contributed by atoms with Gasteiger partial charge in [-0.3, -0.25) is 9.78 Å². The summed E-state index contributed by atoms with van der Waals surface area (Å²) in [5.74, 6) is -5.63. The van der Waals surface area contributed by atoms with Gasteiger partial charge in [-0.1, -0.05) is 18.2 Å². The van der Waals surface area contributed by atoms with Crippen LogP contribution in [0.15, 0.2) is 54.7 Å². The number of esters is 1. The molecule has 1 fully saturated rings. The Morgan fingerprint density at radius 1 is 1.08 bits per heavy atom. The molecule has 1 aliphatic heterocycles. The van der Waals surface area contributed by atoms with Crippen LogP contribution in [0.5, 0.6) is 0 Å². The highest BCUT2D eigenvalue weighted by molar-refractivity contribution is 5.99. The molecule has 5 rings (SSSR count). The number of nitrogens with two attached hydrogens (primary N) is 1. The van der Waals surface area contributed by atoms with Gasteiger partial charge >= 0.3 is 18.3 Å². The summed E-state index contributed by atoms with van der Waals surface area (Å²) in [5, 5.41) is 2.44. The number of fused-ring (bicyclic) bond motifs is 1. The topological polar surface area (TPSA) is 120 Å². The lowest BCUT2D eigenvalue weighted by atomic mass is 9.95. The lowest BCUT2D eigenvalue weighted by Gasteiger charge is -2.38. The summed E-state index contributed by atoms with van der Waals surface area (Å²) in [6.07, 6.45) is -8.63. The molecule has 0 saturated carbocycles. The van der Waals surface area contributed by atoms with Crippen molar-refractivity contribution in [3.05, 3.63) is 83.1 Å². The molecule has 4 aromatic rings. The molecule has 1 amide bonds. The summed E-state index contributed by atoms with van der Waals surface area (Å²) in [4.78, 5) is 34.7. The second-order valence-corrected chi connectivity index (χ2v) is 10.7. The number of methoxy groups -OCH3 is 1. The minimum Gasteiger partial charge on any atom is -0.467 e. The number of morpholine rings is 1. The number of benzene rings is 2. The van der Waals surface area contributed by atoms with E-state index in [1.54, 1.807) is 0 Å². The van der Waals surface area contributed by atoms with Gasteiger partial charge in [-0.25, -0.2) is 18.6 Å². The molecule has 0 radical (unpaired) electrons. The first-order chi connectivity index (χ1) is 22.6. The maximum atomic E-state index is 15.2. The molecule has 3 N–H and O–H groups in total. The fraction of sp³-hybridized carbons (Fsp3) is 0.290. The normalized spacial score (nSPS) is 16.1. The number of ether oxygens (including phenoxy) is 2. The number of hydrogen-bond acceptors (Lipinski definition) is 8. The Morgan fingerprint density at radius 2 is 1.79 bits per heavy atom. The Hall–Kier alpha value is -5.06. The average molecular weight is 684 g/mol. The summed E-state index contributed by atoms with van der Waals surface area (Å²) in [6, 6.07) is 4.78. The molecule has 1 aliphatic rings. The highest BCUT2D eigenvalue weighted by Gasteiger charge is 2.46. The minimum absolute atomic E-state index is 0.0371. The van der Waals surface area contributed by atoms with E-state index in [2.05, 4.69) is 15.3 Å². The van der Waals surface area contributed by atoms with Crippen molar-refractivity contribution in [3.63, 3.8) is 0 Å².